The van der Waals surface area contributed by atoms with E-state index in [1.165, 1.54) is 30.2 Å². The van der Waals surface area contributed by atoms with E-state index in [2.05, 4.69) is 21.6 Å². The van der Waals surface area contributed by atoms with Gasteiger partial charge < -0.3 is 19.4 Å². The largest absolute Gasteiger partial charge is 0.486 e. The number of methoxy groups -OCH3 is 1. The van der Waals surface area contributed by atoms with Crippen LogP contribution in [0.4, 0.5) is 5.00 Å². The number of aryl methyl sites for hydroxylation is 3. The third kappa shape index (κ3) is 6.35. The van der Waals surface area contributed by atoms with Crippen LogP contribution in [0.5, 0.6) is 5.75 Å². The number of benzene rings is 1. The SMILES string of the molecule is CCc1cc(C(=O)OC)c(NC(=O)CSc2nnc(COc3cc(C)cc(C)c3)n2CC)s1. The van der Waals surface area contributed by atoms with Crippen LogP contribution in [0.2, 0.25) is 0 Å². The first-order valence-corrected chi connectivity index (χ1v) is 12.4. The summed E-state index contributed by atoms with van der Waals surface area (Å²) in [5.41, 5.74) is 2.65. The van der Waals surface area contributed by atoms with Crippen LogP contribution in [-0.4, -0.2) is 39.5 Å². The molecular weight excluding hydrogens is 460 g/mol. The smallest absolute Gasteiger partial charge is 0.340 e. The van der Waals surface area contributed by atoms with E-state index in [4.69, 9.17) is 9.47 Å². The van der Waals surface area contributed by atoms with E-state index in [0.717, 1.165) is 28.2 Å². The summed E-state index contributed by atoms with van der Waals surface area (Å²) >= 11 is 2.67. The molecule has 0 aliphatic carbocycles. The summed E-state index contributed by atoms with van der Waals surface area (Å²) < 4.78 is 12.7. The zero-order valence-corrected chi connectivity index (χ0v) is 21.1. The Kier molecular flexibility index (Phi) is 8.51. The maximum Gasteiger partial charge on any atom is 0.340 e. The Labute approximate surface area is 201 Å². The number of nitrogens with one attached hydrogen (secondary N) is 1. The van der Waals surface area contributed by atoms with Crippen LogP contribution in [0.25, 0.3) is 0 Å². The summed E-state index contributed by atoms with van der Waals surface area (Å²) in [6.07, 6.45) is 0.770. The van der Waals surface area contributed by atoms with Gasteiger partial charge in [-0.2, -0.15) is 0 Å². The van der Waals surface area contributed by atoms with Gasteiger partial charge in [-0.25, -0.2) is 4.79 Å². The minimum absolute atomic E-state index is 0.135. The monoisotopic (exact) mass is 488 g/mol. The number of rotatable bonds is 10. The molecule has 0 radical (unpaired) electrons. The van der Waals surface area contributed by atoms with Crippen LogP contribution in [0.1, 0.15) is 46.0 Å². The molecule has 0 saturated heterocycles. The van der Waals surface area contributed by atoms with E-state index in [0.29, 0.717) is 28.1 Å². The zero-order valence-electron chi connectivity index (χ0n) is 19.4. The minimum Gasteiger partial charge on any atom is -0.486 e. The number of thioether (sulfide) groups is 1. The fourth-order valence-corrected chi connectivity index (χ4v) is 5.10. The number of carbonyl (C=O) groups excluding carboxylic acids is 2. The second-order valence-electron chi connectivity index (χ2n) is 7.39. The molecule has 10 heteroatoms. The molecule has 0 saturated carbocycles. The van der Waals surface area contributed by atoms with Crippen molar-refractivity contribution >= 4 is 40.0 Å². The molecule has 0 unspecified atom stereocenters. The topological polar surface area (TPSA) is 95.3 Å². The number of ether oxygens (including phenoxy) is 2. The molecule has 0 atom stereocenters. The molecule has 0 bridgehead atoms. The van der Waals surface area contributed by atoms with Crippen molar-refractivity contribution in [3.8, 4) is 5.75 Å². The van der Waals surface area contributed by atoms with Crippen LogP contribution in [0, 0.1) is 13.8 Å². The highest BCUT2D eigenvalue weighted by Crippen LogP contribution is 2.30. The molecule has 0 spiro atoms. The molecule has 8 nitrogen and oxygen atoms in total. The molecule has 3 rings (SSSR count). The van der Waals surface area contributed by atoms with Gasteiger partial charge in [-0.1, -0.05) is 24.8 Å². The van der Waals surface area contributed by atoms with Crippen molar-refractivity contribution in [2.75, 3.05) is 18.2 Å². The van der Waals surface area contributed by atoms with Crippen LogP contribution < -0.4 is 10.1 Å². The van der Waals surface area contributed by atoms with E-state index in [1.807, 2.05) is 44.4 Å². The second kappa shape index (κ2) is 11.3. The Morgan fingerprint density at radius 2 is 1.85 bits per heavy atom. The zero-order chi connectivity index (χ0) is 24.0. The number of esters is 1. The first-order valence-electron chi connectivity index (χ1n) is 10.6. The van der Waals surface area contributed by atoms with E-state index < -0.39 is 5.97 Å². The van der Waals surface area contributed by atoms with E-state index >= 15 is 0 Å². The summed E-state index contributed by atoms with van der Waals surface area (Å²) in [4.78, 5) is 25.6. The van der Waals surface area contributed by atoms with Crippen molar-refractivity contribution in [1.29, 1.82) is 0 Å². The molecule has 3 aromatic rings. The van der Waals surface area contributed by atoms with Crippen LogP contribution in [-0.2, 0) is 29.1 Å². The second-order valence-corrected chi connectivity index (χ2v) is 9.47. The van der Waals surface area contributed by atoms with Gasteiger partial charge in [-0.05, 0) is 56.5 Å². The summed E-state index contributed by atoms with van der Waals surface area (Å²) in [7, 11) is 1.33. The fourth-order valence-electron chi connectivity index (χ4n) is 3.28. The third-order valence-corrected chi connectivity index (χ3v) is 6.96. The fraction of sp³-hybridized carbons (Fsp3) is 0.391. The van der Waals surface area contributed by atoms with Crippen molar-refractivity contribution in [1.82, 2.24) is 14.8 Å². The quantitative estimate of drug-likeness (QED) is 0.328. The van der Waals surface area contributed by atoms with Gasteiger partial charge in [-0.3, -0.25) is 4.79 Å². The highest BCUT2D eigenvalue weighted by molar-refractivity contribution is 7.99. The Morgan fingerprint density at radius 3 is 2.48 bits per heavy atom. The molecule has 0 aliphatic rings. The standard InChI is InChI=1S/C23H28N4O4S2/c1-6-17-11-18(22(29)30-5)21(33-17)24-20(28)13-32-23-26-25-19(27(23)7-2)12-31-16-9-14(3)8-15(4)10-16/h8-11H,6-7,12-13H2,1-5H3,(H,24,28). The lowest BCUT2D eigenvalue weighted by atomic mass is 10.1. The third-order valence-electron chi connectivity index (χ3n) is 4.80. The van der Waals surface area contributed by atoms with E-state index in [9.17, 15) is 9.59 Å². The van der Waals surface area contributed by atoms with Crippen molar-refractivity contribution < 1.29 is 19.1 Å². The van der Waals surface area contributed by atoms with Gasteiger partial charge in [0.05, 0.1) is 18.4 Å². The van der Waals surface area contributed by atoms with Crippen molar-refractivity contribution in [2.45, 2.75) is 52.4 Å². The molecule has 1 N–H and O–H groups in total. The maximum atomic E-state index is 12.6. The molecule has 1 aromatic carbocycles. The number of aromatic nitrogens is 3. The Bertz CT molecular complexity index is 1120. The number of nitrogens with zero attached hydrogens (tertiary/aromatic N) is 3. The summed E-state index contributed by atoms with van der Waals surface area (Å²) in [5.74, 6) is 0.922. The van der Waals surface area contributed by atoms with Gasteiger partial charge in [0, 0.05) is 11.4 Å². The molecule has 1 amide bonds. The van der Waals surface area contributed by atoms with Gasteiger partial charge in [0.1, 0.15) is 17.4 Å². The Morgan fingerprint density at radius 1 is 1.12 bits per heavy atom. The van der Waals surface area contributed by atoms with Crippen molar-refractivity contribution in [2.24, 2.45) is 0 Å². The predicted molar refractivity (Wildman–Crippen MR) is 130 cm³/mol. The van der Waals surface area contributed by atoms with Gasteiger partial charge >= 0.3 is 5.97 Å². The Hall–Kier alpha value is -2.85. The van der Waals surface area contributed by atoms with Gasteiger partial charge in [0.25, 0.3) is 0 Å². The molecule has 2 aromatic heterocycles. The first kappa shape index (κ1) is 24.8. The predicted octanol–water partition coefficient (Wildman–Crippen LogP) is 4.64. The van der Waals surface area contributed by atoms with Crippen LogP contribution in [0.3, 0.4) is 0 Å². The molecule has 2 heterocycles. The maximum absolute atomic E-state index is 12.6. The normalized spacial score (nSPS) is 10.8. The summed E-state index contributed by atoms with van der Waals surface area (Å²) in [6, 6.07) is 7.82. The lowest BCUT2D eigenvalue weighted by molar-refractivity contribution is -0.113. The van der Waals surface area contributed by atoms with E-state index in [-0.39, 0.29) is 18.3 Å². The average molecular weight is 489 g/mol. The van der Waals surface area contributed by atoms with Crippen LogP contribution in [0.15, 0.2) is 29.4 Å². The number of carbonyl (C=O) groups is 2. The lowest BCUT2D eigenvalue weighted by Gasteiger charge is -2.10. The Balaban J connectivity index is 1.62. The van der Waals surface area contributed by atoms with Crippen molar-refractivity contribution in [3.05, 3.63) is 51.7 Å². The highest BCUT2D eigenvalue weighted by atomic mass is 32.2. The average Bonchev–Trinajstić information content (AvgIpc) is 3.38. The van der Waals surface area contributed by atoms with Gasteiger partial charge in [0.15, 0.2) is 11.0 Å². The van der Waals surface area contributed by atoms with E-state index in [1.54, 1.807) is 6.07 Å². The lowest BCUT2D eigenvalue weighted by Crippen LogP contribution is -2.16. The molecule has 176 valence electrons. The minimum atomic E-state index is -0.465. The molecule has 0 aliphatic heterocycles. The number of thiophene rings is 1. The number of amides is 1. The molecular formula is C23H28N4O4S2. The van der Waals surface area contributed by atoms with Crippen molar-refractivity contribution in [3.63, 3.8) is 0 Å². The summed E-state index contributed by atoms with van der Waals surface area (Å²) in [6.45, 7) is 8.98. The number of anilines is 1. The molecule has 33 heavy (non-hydrogen) atoms. The van der Waals surface area contributed by atoms with Gasteiger partial charge in [-0.15, -0.1) is 21.5 Å². The molecule has 0 fully saturated rings. The van der Waals surface area contributed by atoms with Gasteiger partial charge in [0.2, 0.25) is 5.91 Å². The first-order chi connectivity index (χ1) is 15.8. The number of hydrogen-bond acceptors (Lipinski definition) is 8. The summed E-state index contributed by atoms with van der Waals surface area (Å²) in [5, 5.41) is 12.5. The number of hydrogen-bond donors (Lipinski definition) is 1. The highest BCUT2D eigenvalue weighted by Gasteiger charge is 2.19. The van der Waals surface area contributed by atoms with Crippen LogP contribution >= 0.6 is 23.1 Å².